The van der Waals surface area contributed by atoms with Crippen molar-refractivity contribution in [2.45, 2.75) is 26.3 Å². The molecular weight excluding hydrogens is 477 g/mol. The molecule has 2 aliphatic heterocycles. The summed E-state index contributed by atoms with van der Waals surface area (Å²) in [6.07, 6.45) is 3.46. The molecule has 176 valence electrons. The maximum Gasteiger partial charge on any atom is 0.294 e. The van der Waals surface area contributed by atoms with E-state index in [1.165, 1.54) is 12.1 Å². The molecular formula is C25H23ClFN3O3S. The summed E-state index contributed by atoms with van der Waals surface area (Å²) in [7, 11) is 1.90. The number of benzene rings is 2. The van der Waals surface area contributed by atoms with Crippen molar-refractivity contribution in [1.82, 2.24) is 4.90 Å². The average Bonchev–Trinajstić information content (AvgIpc) is 3.00. The van der Waals surface area contributed by atoms with Crippen LogP contribution in [0.25, 0.3) is 11.6 Å². The second-order valence-corrected chi connectivity index (χ2v) is 10.2. The molecule has 6 nitrogen and oxygen atoms in total. The first-order valence-electron chi connectivity index (χ1n) is 10.5. The highest BCUT2D eigenvalue weighted by atomic mass is 35.5. The number of rotatable bonds is 4. The number of allylic oxidation sites excluding steroid dienone is 1. The molecule has 1 N–H and O–H groups in total. The van der Waals surface area contributed by atoms with Crippen LogP contribution in [0.2, 0.25) is 5.02 Å². The van der Waals surface area contributed by atoms with E-state index >= 15 is 4.39 Å². The van der Waals surface area contributed by atoms with Crippen LogP contribution < -0.4 is 10.2 Å². The molecule has 1 fully saturated rings. The van der Waals surface area contributed by atoms with Crippen LogP contribution in [0.3, 0.4) is 0 Å². The summed E-state index contributed by atoms with van der Waals surface area (Å²) in [6.45, 7) is 5.60. The first-order chi connectivity index (χ1) is 16.0. The van der Waals surface area contributed by atoms with Crippen molar-refractivity contribution in [1.29, 1.82) is 0 Å². The third-order valence-corrected chi connectivity index (χ3v) is 7.05. The molecule has 2 heterocycles. The molecule has 0 aromatic heterocycles. The molecule has 2 aliphatic rings. The lowest BCUT2D eigenvalue weighted by molar-refractivity contribution is -0.127. The number of carbonyl (C=O) groups is 3. The SMILES string of the molecule is CC1=CC(C)(C)N(C)c2cc(F)c(/C=C3/SC(=O)N(CC(=O)Nc4cccc(Cl)c4)C3=O)cc21. The van der Waals surface area contributed by atoms with Crippen LogP contribution in [0.15, 0.2) is 47.4 Å². The minimum Gasteiger partial charge on any atom is -0.365 e. The molecule has 34 heavy (non-hydrogen) atoms. The van der Waals surface area contributed by atoms with E-state index in [1.807, 2.05) is 32.7 Å². The summed E-state index contributed by atoms with van der Waals surface area (Å²) >= 11 is 6.59. The van der Waals surface area contributed by atoms with Gasteiger partial charge >= 0.3 is 0 Å². The fourth-order valence-electron chi connectivity index (χ4n) is 3.99. The van der Waals surface area contributed by atoms with Gasteiger partial charge < -0.3 is 10.2 Å². The number of carbonyl (C=O) groups excluding carboxylic acids is 3. The highest BCUT2D eigenvalue weighted by Gasteiger charge is 2.37. The van der Waals surface area contributed by atoms with Crippen LogP contribution in [-0.4, -0.2) is 41.1 Å². The number of nitrogens with zero attached hydrogens (tertiary/aromatic N) is 2. The maximum atomic E-state index is 15.0. The molecule has 0 spiro atoms. The number of likely N-dealkylation sites (N-methyl/N-ethyl adjacent to an activating group) is 1. The van der Waals surface area contributed by atoms with Gasteiger partial charge in [-0.05, 0) is 74.5 Å². The fourth-order valence-corrected chi connectivity index (χ4v) is 5.01. The normalized spacial score (nSPS) is 18.3. The Hall–Kier alpha value is -3.10. The van der Waals surface area contributed by atoms with Crippen molar-refractivity contribution in [3.63, 3.8) is 0 Å². The summed E-state index contributed by atoms with van der Waals surface area (Å²) in [5, 5.41) is 2.46. The number of imide groups is 1. The number of hydrogen-bond donors (Lipinski definition) is 1. The lowest BCUT2D eigenvalue weighted by atomic mass is 9.88. The van der Waals surface area contributed by atoms with E-state index in [2.05, 4.69) is 11.4 Å². The van der Waals surface area contributed by atoms with Gasteiger partial charge in [-0.1, -0.05) is 23.7 Å². The molecule has 0 unspecified atom stereocenters. The molecule has 2 aromatic rings. The Bertz CT molecular complexity index is 1290. The molecule has 4 rings (SSSR count). The Morgan fingerprint density at radius 2 is 1.97 bits per heavy atom. The van der Waals surface area contributed by atoms with Crippen LogP contribution in [0.5, 0.6) is 0 Å². The molecule has 2 aromatic carbocycles. The molecule has 0 aliphatic carbocycles. The first-order valence-corrected chi connectivity index (χ1v) is 11.7. The summed E-state index contributed by atoms with van der Waals surface area (Å²) in [5.41, 5.74) is 3.00. The van der Waals surface area contributed by atoms with E-state index in [9.17, 15) is 14.4 Å². The Balaban J connectivity index is 1.56. The van der Waals surface area contributed by atoms with Crippen molar-refractivity contribution >= 4 is 63.4 Å². The number of amides is 3. The number of hydrogen-bond acceptors (Lipinski definition) is 5. The Morgan fingerprint density at radius 3 is 2.68 bits per heavy atom. The van der Waals surface area contributed by atoms with Gasteiger partial charge in [-0.15, -0.1) is 0 Å². The Labute approximate surface area is 206 Å². The summed E-state index contributed by atoms with van der Waals surface area (Å²) in [5.74, 6) is -1.68. The zero-order valence-electron chi connectivity index (χ0n) is 19.1. The highest BCUT2D eigenvalue weighted by molar-refractivity contribution is 8.18. The molecule has 0 atom stereocenters. The van der Waals surface area contributed by atoms with Gasteiger partial charge in [-0.3, -0.25) is 19.3 Å². The van der Waals surface area contributed by atoms with Crippen molar-refractivity contribution in [3.8, 4) is 0 Å². The van der Waals surface area contributed by atoms with Crippen LogP contribution in [0.1, 0.15) is 31.9 Å². The predicted octanol–water partition coefficient (Wildman–Crippen LogP) is 5.79. The predicted molar refractivity (Wildman–Crippen MR) is 135 cm³/mol. The Kier molecular flexibility index (Phi) is 6.31. The standard InChI is InChI=1S/C25H23ClFN3O3S/c1-14-12-25(2,3)29(4)20-11-19(27)15(8-18(14)20)9-21-23(32)30(24(33)34-21)13-22(31)28-17-7-5-6-16(26)10-17/h5-12H,13H2,1-4H3,(H,28,31)/b21-9+. The Morgan fingerprint density at radius 1 is 1.24 bits per heavy atom. The monoisotopic (exact) mass is 499 g/mol. The third kappa shape index (κ3) is 4.60. The minimum absolute atomic E-state index is 0.0607. The number of halogens is 2. The second kappa shape index (κ2) is 8.92. The highest BCUT2D eigenvalue weighted by Crippen LogP contribution is 2.40. The second-order valence-electron chi connectivity index (χ2n) is 8.76. The van der Waals surface area contributed by atoms with Gasteiger partial charge in [-0.25, -0.2) is 4.39 Å². The first kappa shape index (κ1) is 24.0. The molecule has 1 saturated heterocycles. The quantitative estimate of drug-likeness (QED) is 0.539. The maximum absolute atomic E-state index is 15.0. The topological polar surface area (TPSA) is 69.7 Å². The smallest absolute Gasteiger partial charge is 0.294 e. The van der Waals surface area contributed by atoms with Crippen LogP contribution in [0.4, 0.5) is 20.6 Å². The molecule has 0 saturated carbocycles. The summed E-state index contributed by atoms with van der Waals surface area (Å²) in [6, 6.07) is 9.66. The van der Waals surface area contributed by atoms with Crippen molar-refractivity contribution in [3.05, 3.63) is 69.3 Å². The molecule has 3 amide bonds. The number of nitrogens with one attached hydrogen (secondary N) is 1. The van der Waals surface area contributed by atoms with E-state index < -0.39 is 29.4 Å². The third-order valence-electron chi connectivity index (χ3n) is 5.91. The van der Waals surface area contributed by atoms with Crippen LogP contribution in [-0.2, 0) is 9.59 Å². The van der Waals surface area contributed by atoms with Gasteiger partial charge in [0.2, 0.25) is 5.91 Å². The number of anilines is 2. The zero-order valence-corrected chi connectivity index (χ0v) is 20.7. The van der Waals surface area contributed by atoms with Gasteiger partial charge in [0.25, 0.3) is 11.1 Å². The van der Waals surface area contributed by atoms with E-state index in [1.54, 1.807) is 30.3 Å². The fraction of sp³-hybridized carbons (Fsp3) is 0.240. The molecule has 0 bridgehead atoms. The van der Waals surface area contributed by atoms with Gasteiger partial charge in [0.1, 0.15) is 12.4 Å². The van der Waals surface area contributed by atoms with Crippen molar-refractivity contribution in [2.24, 2.45) is 0 Å². The minimum atomic E-state index is -0.640. The number of fused-ring (bicyclic) bond motifs is 1. The number of thioether (sulfide) groups is 1. The van der Waals surface area contributed by atoms with Gasteiger partial charge in [0.15, 0.2) is 0 Å². The van der Waals surface area contributed by atoms with E-state index in [-0.39, 0.29) is 16.0 Å². The van der Waals surface area contributed by atoms with E-state index in [0.717, 1.165) is 21.7 Å². The van der Waals surface area contributed by atoms with Crippen molar-refractivity contribution < 1.29 is 18.8 Å². The average molecular weight is 500 g/mol. The van der Waals surface area contributed by atoms with Gasteiger partial charge in [-0.2, -0.15) is 0 Å². The lowest BCUT2D eigenvalue weighted by Gasteiger charge is -2.40. The largest absolute Gasteiger partial charge is 0.365 e. The summed E-state index contributed by atoms with van der Waals surface area (Å²) in [4.78, 5) is 40.5. The zero-order chi connectivity index (χ0) is 24.8. The summed E-state index contributed by atoms with van der Waals surface area (Å²) < 4.78 is 15.0. The van der Waals surface area contributed by atoms with Crippen molar-refractivity contribution in [2.75, 3.05) is 23.8 Å². The van der Waals surface area contributed by atoms with Crippen LogP contribution >= 0.6 is 23.4 Å². The van der Waals surface area contributed by atoms with E-state index in [0.29, 0.717) is 22.5 Å². The lowest BCUT2D eigenvalue weighted by Crippen LogP contribution is -2.42. The van der Waals surface area contributed by atoms with Crippen LogP contribution in [0, 0.1) is 5.82 Å². The molecule has 9 heteroatoms. The van der Waals surface area contributed by atoms with E-state index in [4.69, 9.17) is 11.6 Å². The van der Waals surface area contributed by atoms with Gasteiger partial charge in [0.05, 0.1) is 10.4 Å². The van der Waals surface area contributed by atoms with Gasteiger partial charge in [0, 0.05) is 34.6 Å². The molecule has 0 radical (unpaired) electrons.